The van der Waals surface area contributed by atoms with Crippen molar-refractivity contribution in [2.24, 2.45) is 5.41 Å². The molecule has 0 radical (unpaired) electrons. The number of pyridine rings is 1. The van der Waals surface area contributed by atoms with Crippen LogP contribution in [0.4, 0.5) is 10.2 Å². The van der Waals surface area contributed by atoms with E-state index >= 15 is 4.39 Å². The van der Waals surface area contributed by atoms with Gasteiger partial charge in [0.1, 0.15) is 23.8 Å². The van der Waals surface area contributed by atoms with Crippen LogP contribution in [0.15, 0.2) is 55.1 Å². The molecular weight excluding hydrogens is 481 g/mol. The molecule has 1 atom stereocenters. The highest BCUT2D eigenvalue weighted by atomic mass is 19.1. The van der Waals surface area contributed by atoms with Crippen LogP contribution in [0.5, 0.6) is 0 Å². The maximum absolute atomic E-state index is 15.1. The third-order valence-electron chi connectivity index (χ3n) is 6.78. The van der Waals surface area contributed by atoms with Gasteiger partial charge >= 0.3 is 0 Å². The fraction of sp³-hybridized carbons (Fsp3) is 0.345. The van der Waals surface area contributed by atoms with E-state index in [-0.39, 0.29) is 23.2 Å². The predicted molar refractivity (Wildman–Crippen MR) is 144 cm³/mol. The summed E-state index contributed by atoms with van der Waals surface area (Å²) in [6.07, 6.45) is 5.36. The normalized spacial score (nSPS) is 16.1. The molecule has 0 bridgehead atoms. The van der Waals surface area contributed by atoms with E-state index in [0.29, 0.717) is 65.4 Å². The van der Waals surface area contributed by atoms with Crippen molar-refractivity contribution in [3.8, 4) is 23.0 Å². The van der Waals surface area contributed by atoms with E-state index in [0.717, 1.165) is 0 Å². The second kappa shape index (κ2) is 9.86. The Bertz CT molecular complexity index is 1550. The van der Waals surface area contributed by atoms with Crippen LogP contribution in [0.25, 0.3) is 28.0 Å². The fourth-order valence-electron chi connectivity index (χ4n) is 5.01. The number of benzene rings is 1. The Morgan fingerprint density at radius 1 is 1.13 bits per heavy atom. The van der Waals surface area contributed by atoms with E-state index in [9.17, 15) is 10.1 Å². The topological polar surface area (TPSA) is 90.9 Å². The Morgan fingerprint density at radius 2 is 1.92 bits per heavy atom. The molecule has 0 unspecified atom stereocenters. The molecule has 38 heavy (non-hydrogen) atoms. The van der Waals surface area contributed by atoms with E-state index in [4.69, 9.17) is 0 Å². The van der Waals surface area contributed by atoms with E-state index in [1.807, 2.05) is 4.90 Å². The van der Waals surface area contributed by atoms with E-state index in [1.54, 1.807) is 47.3 Å². The number of nitrogens with zero attached hydrogens (tertiary/aromatic N) is 7. The summed E-state index contributed by atoms with van der Waals surface area (Å²) in [5.74, 6) is 0.981. The molecule has 5 rings (SSSR count). The first-order valence-corrected chi connectivity index (χ1v) is 12.7. The predicted octanol–water partition coefficient (Wildman–Crippen LogP) is 4.97. The number of fused-ring (bicyclic) bond motifs is 1. The zero-order chi connectivity index (χ0) is 27.0. The standard InChI is InChI=1S/C29H30FN7O/c1-19-16-35(25(38)14-29(2,3)4)11-12-36(19)27-26-22(21-7-5-6-8-23(21)30)17-37(28(26)34-18-33-27)24-13-20(15-31)9-10-32-24/h5-10,13,17-19H,11-12,14,16H2,1-4H3/t19-/m0/s1. The molecule has 1 fully saturated rings. The lowest BCUT2D eigenvalue weighted by Crippen LogP contribution is -2.54. The molecule has 1 aromatic carbocycles. The van der Waals surface area contributed by atoms with Crippen molar-refractivity contribution in [1.29, 1.82) is 5.26 Å². The van der Waals surface area contributed by atoms with Crippen LogP contribution in [0, 0.1) is 22.6 Å². The lowest BCUT2D eigenvalue weighted by Gasteiger charge is -2.41. The minimum atomic E-state index is -0.356. The highest BCUT2D eigenvalue weighted by Crippen LogP contribution is 2.38. The first-order chi connectivity index (χ1) is 18.2. The molecule has 0 aliphatic carbocycles. The molecule has 3 aromatic heterocycles. The average molecular weight is 512 g/mol. The SMILES string of the molecule is C[C@H]1CN(C(=O)CC(C)(C)C)CCN1c1ncnc2c1c(-c1ccccc1F)cn2-c1cc(C#N)ccn1. The third kappa shape index (κ3) is 4.82. The van der Waals surface area contributed by atoms with Gasteiger partial charge in [-0.15, -0.1) is 0 Å². The summed E-state index contributed by atoms with van der Waals surface area (Å²) in [6, 6.07) is 12.1. The largest absolute Gasteiger partial charge is 0.350 e. The number of aromatic nitrogens is 4. The molecule has 0 saturated carbocycles. The van der Waals surface area contributed by atoms with Crippen LogP contribution in [-0.4, -0.2) is 56.0 Å². The molecule has 1 amide bonds. The van der Waals surface area contributed by atoms with Gasteiger partial charge in [-0.1, -0.05) is 39.0 Å². The first-order valence-electron chi connectivity index (χ1n) is 12.7. The second-order valence-electron chi connectivity index (χ2n) is 10.9. The van der Waals surface area contributed by atoms with Gasteiger partial charge in [-0.2, -0.15) is 5.26 Å². The number of nitriles is 1. The summed E-state index contributed by atoms with van der Waals surface area (Å²) in [5, 5.41) is 10.1. The van der Waals surface area contributed by atoms with Gasteiger partial charge in [-0.05, 0) is 30.5 Å². The Morgan fingerprint density at radius 3 is 2.63 bits per heavy atom. The van der Waals surface area contributed by atoms with Gasteiger partial charge < -0.3 is 9.80 Å². The van der Waals surface area contributed by atoms with Crippen molar-refractivity contribution >= 4 is 22.8 Å². The first kappa shape index (κ1) is 25.3. The monoisotopic (exact) mass is 511 g/mol. The van der Waals surface area contributed by atoms with Crippen molar-refractivity contribution in [2.75, 3.05) is 24.5 Å². The quantitative estimate of drug-likeness (QED) is 0.384. The molecule has 1 saturated heterocycles. The Labute approximate surface area is 221 Å². The van der Waals surface area contributed by atoms with Gasteiger partial charge in [0.05, 0.1) is 17.0 Å². The summed E-state index contributed by atoms with van der Waals surface area (Å²) >= 11 is 0. The summed E-state index contributed by atoms with van der Waals surface area (Å²) in [6.45, 7) is 10.0. The van der Waals surface area contributed by atoms with Crippen LogP contribution in [-0.2, 0) is 4.79 Å². The number of hydrogen-bond acceptors (Lipinski definition) is 6. The van der Waals surface area contributed by atoms with E-state index in [1.165, 1.54) is 12.4 Å². The van der Waals surface area contributed by atoms with Crippen molar-refractivity contribution in [3.05, 3.63) is 66.5 Å². The van der Waals surface area contributed by atoms with Crippen LogP contribution >= 0.6 is 0 Å². The smallest absolute Gasteiger partial charge is 0.223 e. The van der Waals surface area contributed by atoms with E-state index in [2.05, 4.69) is 53.6 Å². The molecule has 0 N–H and O–H groups in total. The maximum Gasteiger partial charge on any atom is 0.223 e. The molecular formula is C29H30FN7O. The minimum Gasteiger partial charge on any atom is -0.350 e. The van der Waals surface area contributed by atoms with Gasteiger partial charge in [0, 0.05) is 55.6 Å². The average Bonchev–Trinajstić information content (AvgIpc) is 3.28. The van der Waals surface area contributed by atoms with Crippen LogP contribution in [0.2, 0.25) is 0 Å². The van der Waals surface area contributed by atoms with Gasteiger partial charge in [-0.3, -0.25) is 9.36 Å². The number of carbonyl (C=O) groups excluding carboxylic acids is 1. The number of carbonyl (C=O) groups is 1. The zero-order valence-electron chi connectivity index (χ0n) is 22.0. The maximum atomic E-state index is 15.1. The zero-order valence-corrected chi connectivity index (χ0v) is 22.0. The molecule has 9 heteroatoms. The highest BCUT2D eigenvalue weighted by Gasteiger charge is 2.32. The highest BCUT2D eigenvalue weighted by molar-refractivity contribution is 6.02. The Kier molecular flexibility index (Phi) is 6.57. The van der Waals surface area contributed by atoms with E-state index < -0.39 is 0 Å². The minimum absolute atomic E-state index is 0.0115. The van der Waals surface area contributed by atoms with Gasteiger partial charge in [0.25, 0.3) is 0 Å². The molecule has 8 nitrogen and oxygen atoms in total. The number of amides is 1. The van der Waals surface area contributed by atoms with Crippen LogP contribution in [0.3, 0.4) is 0 Å². The molecule has 1 aliphatic rings. The van der Waals surface area contributed by atoms with Crippen molar-refractivity contribution in [1.82, 2.24) is 24.4 Å². The van der Waals surface area contributed by atoms with Gasteiger partial charge in [0.15, 0.2) is 5.65 Å². The van der Waals surface area contributed by atoms with Gasteiger partial charge in [-0.25, -0.2) is 19.3 Å². The number of rotatable bonds is 4. The molecule has 1 aliphatic heterocycles. The molecule has 4 aromatic rings. The van der Waals surface area contributed by atoms with Crippen molar-refractivity contribution in [3.63, 3.8) is 0 Å². The number of anilines is 1. The van der Waals surface area contributed by atoms with Crippen molar-refractivity contribution < 1.29 is 9.18 Å². The fourth-order valence-corrected chi connectivity index (χ4v) is 5.01. The lowest BCUT2D eigenvalue weighted by molar-refractivity contribution is -0.133. The summed E-state index contributed by atoms with van der Waals surface area (Å²) < 4.78 is 16.9. The Balaban J connectivity index is 1.62. The number of hydrogen-bond donors (Lipinski definition) is 0. The lowest BCUT2D eigenvalue weighted by atomic mass is 9.91. The van der Waals surface area contributed by atoms with Crippen molar-refractivity contribution in [2.45, 2.75) is 40.2 Å². The van der Waals surface area contributed by atoms with Gasteiger partial charge in [0.2, 0.25) is 5.91 Å². The molecule has 0 spiro atoms. The van der Waals surface area contributed by atoms with Crippen LogP contribution < -0.4 is 4.90 Å². The molecule has 194 valence electrons. The summed E-state index contributed by atoms with van der Waals surface area (Å²) in [7, 11) is 0. The Hall–Kier alpha value is -4.32. The van der Waals surface area contributed by atoms with Crippen LogP contribution in [0.1, 0.15) is 39.7 Å². The third-order valence-corrected chi connectivity index (χ3v) is 6.78. The number of piperazine rings is 1. The second-order valence-corrected chi connectivity index (χ2v) is 10.9. The summed E-state index contributed by atoms with van der Waals surface area (Å²) in [5.41, 5.74) is 2.01. The molecule has 4 heterocycles. The summed E-state index contributed by atoms with van der Waals surface area (Å²) in [4.78, 5) is 30.7. The number of halogens is 1.